The van der Waals surface area contributed by atoms with Crippen LogP contribution in [0.5, 0.6) is 0 Å². The van der Waals surface area contributed by atoms with Gasteiger partial charge in [-0.05, 0) is 31.4 Å². The van der Waals surface area contributed by atoms with E-state index in [4.69, 9.17) is 5.73 Å². The summed E-state index contributed by atoms with van der Waals surface area (Å²) in [4.78, 5) is 10.2. The van der Waals surface area contributed by atoms with Crippen LogP contribution in [-0.4, -0.2) is 25.4 Å². The van der Waals surface area contributed by atoms with Crippen LogP contribution in [0.3, 0.4) is 0 Å². The monoisotopic (exact) mass is 349 g/mol. The number of non-ortho nitro benzene ring substituents is 1. The molecule has 0 saturated heterocycles. The maximum absolute atomic E-state index is 12.5. The minimum atomic E-state index is -3.74. The maximum Gasteiger partial charge on any atom is 0.269 e. The van der Waals surface area contributed by atoms with Crippen molar-refractivity contribution in [2.24, 2.45) is 5.73 Å². The molecule has 2 rings (SSSR count). The van der Waals surface area contributed by atoms with Gasteiger partial charge in [0, 0.05) is 24.2 Å². The van der Waals surface area contributed by atoms with Crippen molar-refractivity contribution in [3.63, 3.8) is 0 Å². The number of nitrogens with zero attached hydrogens (tertiary/aromatic N) is 1. The van der Waals surface area contributed by atoms with Gasteiger partial charge < -0.3 is 5.73 Å². The zero-order valence-electron chi connectivity index (χ0n) is 12.2. The number of sulfonamides is 1. The van der Waals surface area contributed by atoms with Crippen LogP contribution in [0, 0.1) is 17.0 Å². The molecule has 124 valence electrons. The Morgan fingerprint density at radius 2 is 1.95 bits per heavy atom. The van der Waals surface area contributed by atoms with Crippen molar-refractivity contribution in [1.82, 2.24) is 4.72 Å². The molecule has 0 aliphatic heterocycles. The molecule has 1 saturated carbocycles. The Morgan fingerprint density at radius 3 is 2.41 bits per heavy atom. The third kappa shape index (κ3) is 3.75. The predicted molar refractivity (Wildman–Crippen MR) is 85.7 cm³/mol. The molecule has 0 radical (unpaired) electrons. The zero-order chi connectivity index (χ0) is 15.7. The average molecular weight is 350 g/mol. The van der Waals surface area contributed by atoms with E-state index in [9.17, 15) is 18.5 Å². The standard InChI is InChI=1S/C13H19N3O4S.ClH/c1-10-8-11(16(17)18)4-5-12(10)21(19,20)15-13(9-14)6-2-3-7-13;/h4-5,8,15H,2-3,6-7,9,14H2,1H3;1H. The van der Waals surface area contributed by atoms with Crippen molar-refractivity contribution < 1.29 is 13.3 Å². The number of hydrogen-bond donors (Lipinski definition) is 2. The summed E-state index contributed by atoms with van der Waals surface area (Å²) in [5.74, 6) is 0. The van der Waals surface area contributed by atoms with Gasteiger partial charge in [-0.15, -0.1) is 12.4 Å². The van der Waals surface area contributed by atoms with Gasteiger partial charge in [-0.3, -0.25) is 10.1 Å². The van der Waals surface area contributed by atoms with Gasteiger partial charge in [-0.2, -0.15) is 0 Å². The lowest BCUT2D eigenvalue weighted by atomic mass is 10.0. The first-order valence-electron chi connectivity index (χ1n) is 6.79. The molecule has 0 atom stereocenters. The fourth-order valence-electron chi connectivity index (χ4n) is 2.79. The lowest BCUT2D eigenvalue weighted by molar-refractivity contribution is -0.385. The Bertz CT molecular complexity index is 657. The minimum Gasteiger partial charge on any atom is -0.329 e. The molecule has 0 heterocycles. The van der Waals surface area contributed by atoms with Crippen LogP contribution in [0.2, 0.25) is 0 Å². The molecule has 1 fully saturated rings. The van der Waals surface area contributed by atoms with Gasteiger partial charge in [-0.25, -0.2) is 13.1 Å². The highest BCUT2D eigenvalue weighted by Gasteiger charge is 2.37. The average Bonchev–Trinajstić information content (AvgIpc) is 2.86. The summed E-state index contributed by atoms with van der Waals surface area (Å²) in [5, 5.41) is 10.7. The molecular formula is C13H20ClN3O4S. The molecule has 1 aromatic carbocycles. The fraction of sp³-hybridized carbons (Fsp3) is 0.538. The van der Waals surface area contributed by atoms with Gasteiger partial charge in [0.1, 0.15) is 0 Å². The first-order valence-corrected chi connectivity index (χ1v) is 8.27. The van der Waals surface area contributed by atoms with E-state index < -0.39 is 20.5 Å². The van der Waals surface area contributed by atoms with Crippen molar-refractivity contribution in [3.8, 4) is 0 Å². The highest BCUT2D eigenvalue weighted by molar-refractivity contribution is 7.89. The van der Waals surface area contributed by atoms with Crippen LogP contribution < -0.4 is 10.5 Å². The molecular weight excluding hydrogens is 330 g/mol. The maximum atomic E-state index is 12.5. The molecule has 0 spiro atoms. The molecule has 1 aliphatic rings. The van der Waals surface area contributed by atoms with Gasteiger partial charge in [0.05, 0.1) is 9.82 Å². The van der Waals surface area contributed by atoms with Gasteiger partial charge in [0.2, 0.25) is 10.0 Å². The van der Waals surface area contributed by atoms with Crippen LogP contribution in [-0.2, 0) is 10.0 Å². The first kappa shape index (κ1) is 18.8. The molecule has 7 nitrogen and oxygen atoms in total. The van der Waals surface area contributed by atoms with E-state index in [1.54, 1.807) is 6.92 Å². The highest BCUT2D eigenvalue weighted by atomic mass is 35.5. The van der Waals surface area contributed by atoms with E-state index in [2.05, 4.69) is 4.72 Å². The third-order valence-electron chi connectivity index (χ3n) is 3.96. The largest absolute Gasteiger partial charge is 0.329 e. The van der Waals surface area contributed by atoms with Gasteiger partial charge in [0.25, 0.3) is 5.69 Å². The predicted octanol–water partition coefficient (Wildman–Crippen LogP) is 1.87. The Balaban J connectivity index is 0.00000242. The molecule has 0 bridgehead atoms. The number of nitrogens with one attached hydrogen (secondary N) is 1. The molecule has 0 unspecified atom stereocenters. The second-order valence-electron chi connectivity index (χ2n) is 5.50. The van der Waals surface area contributed by atoms with Crippen molar-refractivity contribution in [2.75, 3.05) is 6.54 Å². The van der Waals surface area contributed by atoms with E-state index in [0.717, 1.165) is 25.7 Å². The van der Waals surface area contributed by atoms with Crippen LogP contribution in [0.15, 0.2) is 23.1 Å². The lowest BCUT2D eigenvalue weighted by Gasteiger charge is -2.28. The Hall–Kier alpha value is -1.22. The second-order valence-corrected chi connectivity index (χ2v) is 7.15. The zero-order valence-corrected chi connectivity index (χ0v) is 13.9. The van der Waals surface area contributed by atoms with E-state index in [-0.39, 0.29) is 29.5 Å². The summed E-state index contributed by atoms with van der Waals surface area (Å²) >= 11 is 0. The van der Waals surface area contributed by atoms with Crippen molar-refractivity contribution in [2.45, 2.75) is 43.0 Å². The SMILES string of the molecule is Cc1cc([N+](=O)[O-])ccc1S(=O)(=O)NC1(CN)CCCC1.Cl. The summed E-state index contributed by atoms with van der Waals surface area (Å²) < 4.78 is 27.7. The number of rotatable bonds is 5. The number of nitro groups is 1. The van der Waals surface area contributed by atoms with Crippen LogP contribution in [0.4, 0.5) is 5.69 Å². The number of nitrogens with two attached hydrogens (primary N) is 1. The lowest BCUT2D eigenvalue weighted by Crippen LogP contribution is -2.51. The van der Waals surface area contributed by atoms with E-state index >= 15 is 0 Å². The van der Waals surface area contributed by atoms with Gasteiger partial charge in [-0.1, -0.05) is 12.8 Å². The van der Waals surface area contributed by atoms with E-state index in [0.29, 0.717) is 5.56 Å². The Labute approximate surface area is 135 Å². The summed E-state index contributed by atoms with van der Waals surface area (Å²) in [6, 6.07) is 3.73. The normalized spacial score (nSPS) is 17.0. The van der Waals surface area contributed by atoms with Crippen LogP contribution >= 0.6 is 12.4 Å². The molecule has 9 heteroatoms. The fourth-order valence-corrected chi connectivity index (χ4v) is 4.49. The van der Waals surface area contributed by atoms with Crippen molar-refractivity contribution in [3.05, 3.63) is 33.9 Å². The number of hydrogen-bond acceptors (Lipinski definition) is 5. The first-order chi connectivity index (χ1) is 9.80. The number of nitro benzene ring substituents is 1. The van der Waals surface area contributed by atoms with Crippen molar-refractivity contribution in [1.29, 1.82) is 0 Å². The number of benzene rings is 1. The number of aryl methyl sites for hydroxylation is 1. The van der Waals surface area contributed by atoms with E-state index in [1.165, 1.54) is 18.2 Å². The molecule has 1 aliphatic carbocycles. The van der Waals surface area contributed by atoms with E-state index in [1.807, 2.05) is 0 Å². The smallest absolute Gasteiger partial charge is 0.269 e. The summed E-state index contributed by atoms with van der Waals surface area (Å²) in [6.45, 7) is 1.80. The van der Waals surface area contributed by atoms with Gasteiger partial charge >= 0.3 is 0 Å². The molecule has 1 aromatic rings. The number of halogens is 1. The summed E-state index contributed by atoms with van der Waals surface area (Å²) in [6.07, 6.45) is 3.32. The van der Waals surface area contributed by atoms with Gasteiger partial charge in [0.15, 0.2) is 0 Å². The topological polar surface area (TPSA) is 115 Å². The van der Waals surface area contributed by atoms with Crippen LogP contribution in [0.25, 0.3) is 0 Å². The highest BCUT2D eigenvalue weighted by Crippen LogP contribution is 2.31. The molecule has 0 aromatic heterocycles. The minimum absolute atomic E-state index is 0. The summed E-state index contributed by atoms with van der Waals surface area (Å²) in [7, 11) is -3.74. The Morgan fingerprint density at radius 1 is 1.36 bits per heavy atom. The molecule has 22 heavy (non-hydrogen) atoms. The quantitative estimate of drug-likeness (QED) is 0.622. The van der Waals surface area contributed by atoms with Crippen LogP contribution in [0.1, 0.15) is 31.2 Å². The molecule has 0 amide bonds. The second kappa shape index (κ2) is 6.91. The van der Waals surface area contributed by atoms with Crippen molar-refractivity contribution >= 4 is 28.1 Å². The third-order valence-corrected chi connectivity index (χ3v) is 5.70. The summed E-state index contributed by atoms with van der Waals surface area (Å²) in [5.41, 5.74) is 5.37. The Kier molecular flexibility index (Phi) is 5.91. The molecule has 3 N–H and O–H groups in total.